The third-order valence-corrected chi connectivity index (χ3v) is 4.33. The van der Waals surface area contributed by atoms with Gasteiger partial charge in [-0.05, 0) is 50.8 Å². The zero-order valence-corrected chi connectivity index (χ0v) is 10.7. The van der Waals surface area contributed by atoms with Crippen LogP contribution in [-0.4, -0.2) is 19.1 Å². The van der Waals surface area contributed by atoms with Gasteiger partial charge in [0, 0.05) is 24.3 Å². The smallest absolute Gasteiger partial charge is 0.0416 e. The number of fused-ring (bicyclic) bond motifs is 2. The molecule has 1 N–H and O–H groups in total. The van der Waals surface area contributed by atoms with E-state index in [-0.39, 0.29) is 0 Å². The molecule has 0 aliphatic carbocycles. The quantitative estimate of drug-likeness (QED) is 0.859. The molecule has 2 unspecified atom stereocenters. The Morgan fingerprint density at radius 3 is 2.53 bits per heavy atom. The molecule has 17 heavy (non-hydrogen) atoms. The van der Waals surface area contributed by atoms with Crippen LogP contribution in [0.5, 0.6) is 0 Å². The number of para-hydroxylation sites is 1. The lowest BCUT2D eigenvalue weighted by Gasteiger charge is -2.38. The summed E-state index contributed by atoms with van der Waals surface area (Å²) in [6.45, 7) is 0.978. The van der Waals surface area contributed by atoms with Gasteiger partial charge in [0.05, 0.1) is 0 Å². The van der Waals surface area contributed by atoms with Crippen molar-refractivity contribution >= 4 is 5.69 Å². The Balaban J connectivity index is 1.93. The molecule has 2 saturated heterocycles. The number of piperidine rings is 1. The Kier molecular flexibility index (Phi) is 3.06. The maximum atomic E-state index is 3.29. The molecule has 2 atom stereocenters. The molecule has 2 fully saturated rings. The van der Waals surface area contributed by atoms with Gasteiger partial charge in [-0.2, -0.15) is 0 Å². The molecule has 2 heterocycles. The monoisotopic (exact) mass is 230 g/mol. The number of nitrogens with zero attached hydrogens (tertiary/aromatic N) is 1. The van der Waals surface area contributed by atoms with Crippen LogP contribution in [-0.2, 0) is 6.54 Å². The molecule has 2 heteroatoms. The van der Waals surface area contributed by atoms with Crippen LogP contribution in [0.1, 0.15) is 37.7 Å². The van der Waals surface area contributed by atoms with Gasteiger partial charge >= 0.3 is 0 Å². The number of anilines is 1. The second-order valence-electron chi connectivity index (χ2n) is 5.38. The zero-order chi connectivity index (χ0) is 11.7. The highest BCUT2D eigenvalue weighted by molar-refractivity contribution is 5.56. The van der Waals surface area contributed by atoms with Crippen molar-refractivity contribution in [3.05, 3.63) is 29.8 Å². The predicted octanol–water partition coefficient (Wildman–Crippen LogP) is 2.93. The molecule has 0 saturated carbocycles. The summed E-state index contributed by atoms with van der Waals surface area (Å²) in [6, 6.07) is 10.5. The second-order valence-corrected chi connectivity index (χ2v) is 5.38. The Morgan fingerprint density at radius 1 is 1.12 bits per heavy atom. The van der Waals surface area contributed by atoms with Gasteiger partial charge in [0.2, 0.25) is 0 Å². The summed E-state index contributed by atoms with van der Waals surface area (Å²) in [5.41, 5.74) is 2.93. The molecule has 2 aliphatic rings. The first kappa shape index (κ1) is 11.1. The first-order chi connectivity index (χ1) is 8.40. The molecule has 2 bridgehead atoms. The Hall–Kier alpha value is -1.02. The summed E-state index contributed by atoms with van der Waals surface area (Å²) in [5, 5.41) is 3.29. The molecular weight excluding hydrogens is 208 g/mol. The van der Waals surface area contributed by atoms with Crippen molar-refractivity contribution in [3.8, 4) is 0 Å². The van der Waals surface area contributed by atoms with Crippen molar-refractivity contribution in [3.63, 3.8) is 0 Å². The largest absolute Gasteiger partial charge is 0.365 e. The highest BCUT2D eigenvalue weighted by Crippen LogP contribution is 2.40. The number of benzene rings is 1. The van der Waals surface area contributed by atoms with E-state index in [2.05, 4.69) is 34.5 Å². The first-order valence-corrected chi connectivity index (χ1v) is 6.91. The lowest BCUT2D eigenvalue weighted by atomic mass is 10.00. The van der Waals surface area contributed by atoms with E-state index >= 15 is 0 Å². The Morgan fingerprint density at radius 2 is 1.82 bits per heavy atom. The van der Waals surface area contributed by atoms with Gasteiger partial charge in [-0.15, -0.1) is 0 Å². The maximum Gasteiger partial charge on any atom is 0.0416 e. The van der Waals surface area contributed by atoms with Crippen LogP contribution in [0.2, 0.25) is 0 Å². The molecule has 0 spiro atoms. The SMILES string of the molecule is CNCc1ccccc1N1C2CCCC1CC2. The van der Waals surface area contributed by atoms with Crippen molar-refractivity contribution in [2.45, 2.75) is 50.7 Å². The first-order valence-electron chi connectivity index (χ1n) is 6.91. The minimum absolute atomic E-state index is 0.812. The molecule has 0 radical (unpaired) electrons. The van der Waals surface area contributed by atoms with Crippen LogP contribution >= 0.6 is 0 Å². The molecule has 2 aliphatic heterocycles. The number of nitrogens with one attached hydrogen (secondary N) is 1. The third kappa shape index (κ3) is 1.95. The molecule has 2 nitrogen and oxygen atoms in total. The molecule has 1 aromatic rings. The van der Waals surface area contributed by atoms with Gasteiger partial charge in [0.25, 0.3) is 0 Å². The van der Waals surface area contributed by atoms with E-state index < -0.39 is 0 Å². The van der Waals surface area contributed by atoms with E-state index in [9.17, 15) is 0 Å². The van der Waals surface area contributed by atoms with Crippen LogP contribution in [0.4, 0.5) is 5.69 Å². The summed E-state index contributed by atoms with van der Waals surface area (Å²) in [6.07, 6.45) is 7.02. The van der Waals surface area contributed by atoms with Crippen LogP contribution in [0.3, 0.4) is 0 Å². The van der Waals surface area contributed by atoms with Gasteiger partial charge in [-0.1, -0.05) is 18.2 Å². The summed E-state index contributed by atoms with van der Waals surface area (Å²) in [5.74, 6) is 0. The van der Waals surface area contributed by atoms with E-state index in [1.165, 1.54) is 43.4 Å². The van der Waals surface area contributed by atoms with E-state index in [4.69, 9.17) is 0 Å². The van der Waals surface area contributed by atoms with E-state index in [0.29, 0.717) is 0 Å². The minimum atomic E-state index is 0.812. The van der Waals surface area contributed by atoms with Crippen molar-refractivity contribution < 1.29 is 0 Å². The van der Waals surface area contributed by atoms with Gasteiger partial charge in [0.1, 0.15) is 0 Å². The lowest BCUT2D eigenvalue weighted by Crippen LogP contribution is -2.40. The van der Waals surface area contributed by atoms with Crippen molar-refractivity contribution in [2.75, 3.05) is 11.9 Å². The third-order valence-electron chi connectivity index (χ3n) is 4.33. The van der Waals surface area contributed by atoms with Crippen LogP contribution in [0, 0.1) is 0 Å². The molecule has 3 rings (SSSR count). The van der Waals surface area contributed by atoms with Gasteiger partial charge < -0.3 is 10.2 Å². The van der Waals surface area contributed by atoms with E-state index in [0.717, 1.165) is 18.6 Å². The number of hydrogen-bond donors (Lipinski definition) is 1. The van der Waals surface area contributed by atoms with Crippen LogP contribution in [0.25, 0.3) is 0 Å². The topological polar surface area (TPSA) is 15.3 Å². The average molecular weight is 230 g/mol. The highest BCUT2D eigenvalue weighted by atomic mass is 15.2. The summed E-state index contributed by atoms with van der Waals surface area (Å²) < 4.78 is 0. The normalized spacial score (nSPS) is 27.5. The second kappa shape index (κ2) is 4.69. The summed E-state index contributed by atoms with van der Waals surface area (Å²) in [4.78, 5) is 2.72. The summed E-state index contributed by atoms with van der Waals surface area (Å²) in [7, 11) is 2.03. The van der Waals surface area contributed by atoms with E-state index in [1.807, 2.05) is 7.05 Å². The number of hydrogen-bond acceptors (Lipinski definition) is 2. The Labute approximate surface area is 104 Å². The molecule has 0 aromatic heterocycles. The predicted molar refractivity (Wildman–Crippen MR) is 72.3 cm³/mol. The molecule has 92 valence electrons. The van der Waals surface area contributed by atoms with Gasteiger partial charge in [0.15, 0.2) is 0 Å². The fraction of sp³-hybridized carbons (Fsp3) is 0.600. The van der Waals surface area contributed by atoms with E-state index in [1.54, 1.807) is 0 Å². The fourth-order valence-electron chi connectivity index (χ4n) is 3.61. The standard InChI is InChI=1S/C15H22N2/c1-16-11-12-5-2-3-8-15(12)17-13-6-4-7-14(17)10-9-13/h2-3,5,8,13-14,16H,4,6-7,9-11H2,1H3. The average Bonchev–Trinajstić information content (AvgIpc) is 2.60. The molecular formula is C15H22N2. The van der Waals surface area contributed by atoms with Crippen molar-refractivity contribution in [1.82, 2.24) is 5.32 Å². The fourth-order valence-corrected chi connectivity index (χ4v) is 3.61. The van der Waals surface area contributed by atoms with Crippen LogP contribution < -0.4 is 10.2 Å². The lowest BCUT2D eigenvalue weighted by molar-refractivity contribution is 0.467. The Bertz CT molecular complexity index is 372. The number of rotatable bonds is 3. The van der Waals surface area contributed by atoms with Crippen molar-refractivity contribution in [1.29, 1.82) is 0 Å². The van der Waals surface area contributed by atoms with Gasteiger partial charge in [-0.3, -0.25) is 0 Å². The zero-order valence-electron chi connectivity index (χ0n) is 10.7. The van der Waals surface area contributed by atoms with Gasteiger partial charge in [-0.25, -0.2) is 0 Å². The molecule has 0 amide bonds. The highest BCUT2D eigenvalue weighted by Gasteiger charge is 2.36. The maximum absolute atomic E-state index is 3.29. The molecule has 1 aromatic carbocycles. The van der Waals surface area contributed by atoms with Crippen molar-refractivity contribution in [2.24, 2.45) is 0 Å². The minimum Gasteiger partial charge on any atom is -0.365 e. The van der Waals surface area contributed by atoms with Crippen LogP contribution in [0.15, 0.2) is 24.3 Å². The summed E-state index contributed by atoms with van der Waals surface area (Å²) >= 11 is 0.